The van der Waals surface area contributed by atoms with Gasteiger partial charge in [-0.3, -0.25) is 4.98 Å². The van der Waals surface area contributed by atoms with Gasteiger partial charge in [0, 0.05) is 12.4 Å². The summed E-state index contributed by atoms with van der Waals surface area (Å²) in [6.45, 7) is 0.131. The fraction of sp³-hybridized carbons (Fsp3) is 0.0909. The van der Waals surface area contributed by atoms with E-state index in [4.69, 9.17) is 11.6 Å². The number of rotatable bonds is 4. The summed E-state index contributed by atoms with van der Waals surface area (Å²) < 4.78 is 26.2. The molecule has 0 unspecified atom stereocenters. The molecular formula is C11H10ClN3O2S. The van der Waals surface area contributed by atoms with Crippen LogP contribution in [0.15, 0.2) is 47.6 Å². The highest BCUT2D eigenvalue weighted by Gasteiger charge is 2.14. The predicted molar refractivity (Wildman–Crippen MR) is 67.5 cm³/mol. The van der Waals surface area contributed by atoms with Crippen LogP contribution in [-0.4, -0.2) is 18.4 Å². The Hall–Kier alpha value is -1.50. The molecule has 2 rings (SSSR count). The summed E-state index contributed by atoms with van der Waals surface area (Å²) in [6, 6.07) is 8.12. The Morgan fingerprint density at radius 3 is 2.61 bits per heavy atom. The highest BCUT2D eigenvalue weighted by Crippen LogP contribution is 2.10. The van der Waals surface area contributed by atoms with E-state index in [0.717, 1.165) is 0 Å². The zero-order chi connectivity index (χ0) is 13.0. The van der Waals surface area contributed by atoms with Crippen LogP contribution in [0.1, 0.15) is 5.69 Å². The molecule has 0 radical (unpaired) electrons. The van der Waals surface area contributed by atoms with Crippen molar-refractivity contribution in [3.8, 4) is 0 Å². The monoisotopic (exact) mass is 283 g/mol. The quantitative estimate of drug-likeness (QED) is 0.865. The first-order chi connectivity index (χ1) is 8.58. The summed E-state index contributed by atoms with van der Waals surface area (Å²) in [7, 11) is -3.59. The fourth-order valence-corrected chi connectivity index (χ4v) is 2.33. The Morgan fingerprint density at radius 1 is 1.17 bits per heavy atom. The summed E-state index contributed by atoms with van der Waals surface area (Å²) >= 11 is 5.60. The van der Waals surface area contributed by atoms with E-state index in [0.29, 0.717) is 5.69 Å². The SMILES string of the molecule is O=S(=O)(NCc1ccccn1)c1ccc(Cl)nc1. The molecule has 7 heteroatoms. The first-order valence-electron chi connectivity index (χ1n) is 5.09. The van der Waals surface area contributed by atoms with E-state index in [9.17, 15) is 8.42 Å². The van der Waals surface area contributed by atoms with Crippen molar-refractivity contribution in [2.75, 3.05) is 0 Å². The minimum absolute atomic E-state index is 0.0721. The van der Waals surface area contributed by atoms with E-state index in [1.807, 2.05) is 0 Å². The molecule has 0 saturated carbocycles. The van der Waals surface area contributed by atoms with Gasteiger partial charge in [-0.05, 0) is 24.3 Å². The first-order valence-corrected chi connectivity index (χ1v) is 6.95. The van der Waals surface area contributed by atoms with Gasteiger partial charge in [-0.15, -0.1) is 0 Å². The predicted octanol–water partition coefficient (Wildman–Crippen LogP) is 1.61. The summed E-state index contributed by atoms with van der Waals surface area (Å²) in [5, 5.41) is 0.249. The summed E-state index contributed by atoms with van der Waals surface area (Å²) in [4.78, 5) is 7.83. The van der Waals surface area contributed by atoms with Crippen molar-refractivity contribution < 1.29 is 8.42 Å². The molecule has 0 atom stereocenters. The van der Waals surface area contributed by atoms with Crippen molar-refractivity contribution in [1.29, 1.82) is 0 Å². The third kappa shape index (κ3) is 3.25. The molecule has 0 aromatic carbocycles. The smallest absolute Gasteiger partial charge is 0.242 e. The molecule has 5 nitrogen and oxygen atoms in total. The number of nitrogens with one attached hydrogen (secondary N) is 1. The van der Waals surface area contributed by atoms with Crippen LogP contribution < -0.4 is 4.72 Å². The van der Waals surface area contributed by atoms with Crippen LogP contribution in [0.4, 0.5) is 0 Å². The molecule has 2 heterocycles. The Labute approximate surface area is 110 Å². The van der Waals surface area contributed by atoms with Crippen molar-refractivity contribution in [2.24, 2.45) is 0 Å². The number of halogens is 1. The van der Waals surface area contributed by atoms with E-state index in [-0.39, 0.29) is 16.6 Å². The molecule has 0 aliphatic rings. The molecule has 94 valence electrons. The van der Waals surface area contributed by atoms with Crippen LogP contribution in [0.25, 0.3) is 0 Å². The van der Waals surface area contributed by atoms with Crippen LogP contribution in [0, 0.1) is 0 Å². The number of pyridine rings is 2. The van der Waals surface area contributed by atoms with E-state index >= 15 is 0 Å². The zero-order valence-corrected chi connectivity index (χ0v) is 10.8. The fourth-order valence-electron chi connectivity index (χ4n) is 1.28. The maximum Gasteiger partial charge on any atom is 0.242 e. The molecule has 0 saturated heterocycles. The van der Waals surface area contributed by atoms with Gasteiger partial charge in [0.25, 0.3) is 0 Å². The summed E-state index contributed by atoms with van der Waals surface area (Å²) in [5.41, 5.74) is 0.642. The van der Waals surface area contributed by atoms with Crippen molar-refractivity contribution >= 4 is 21.6 Å². The molecule has 0 bridgehead atoms. The number of sulfonamides is 1. The highest BCUT2D eigenvalue weighted by molar-refractivity contribution is 7.89. The van der Waals surface area contributed by atoms with Gasteiger partial charge in [0.2, 0.25) is 10.0 Å². The van der Waals surface area contributed by atoms with E-state index in [1.54, 1.807) is 24.4 Å². The van der Waals surface area contributed by atoms with Gasteiger partial charge >= 0.3 is 0 Å². The molecule has 0 amide bonds. The van der Waals surface area contributed by atoms with Gasteiger partial charge in [-0.25, -0.2) is 18.1 Å². The van der Waals surface area contributed by atoms with E-state index in [2.05, 4.69) is 14.7 Å². The minimum atomic E-state index is -3.59. The van der Waals surface area contributed by atoms with Crippen LogP contribution in [-0.2, 0) is 16.6 Å². The van der Waals surface area contributed by atoms with Crippen molar-refractivity contribution in [3.63, 3.8) is 0 Å². The zero-order valence-electron chi connectivity index (χ0n) is 9.25. The van der Waals surface area contributed by atoms with Gasteiger partial charge in [-0.2, -0.15) is 0 Å². The number of aromatic nitrogens is 2. The average Bonchev–Trinajstić information content (AvgIpc) is 2.38. The third-order valence-electron chi connectivity index (χ3n) is 2.18. The maximum absolute atomic E-state index is 11.9. The standard InChI is InChI=1S/C11H10ClN3O2S/c12-11-5-4-10(8-14-11)18(16,17)15-7-9-3-1-2-6-13-9/h1-6,8,15H,7H2. The lowest BCUT2D eigenvalue weighted by atomic mass is 10.4. The molecule has 1 N–H and O–H groups in total. The molecular weight excluding hydrogens is 274 g/mol. The second-order valence-corrected chi connectivity index (χ2v) is 5.62. The molecule has 0 fully saturated rings. The maximum atomic E-state index is 11.9. The van der Waals surface area contributed by atoms with Crippen molar-refractivity contribution in [2.45, 2.75) is 11.4 Å². The van der Waals surface area contributed by atoms with Gasteiger partial charge < -0.3 is 0 Å². The second kappa shape index (κ2) is 5.43. The number of hydrogen-bond donors (Lipinski definition) is 1. The van der Waals surface area contributed by atoms with Crippen molar-refractivity contribution in [3.05, 3.63) is 53.6 Å². The molecule has 0 aliphatic heterocycles. The first kappa shape index (κ1) is 12.9. The topological polar surface area (TPSA) is 72.0 Å². The Balaban J connectivity index is 2.11. The van der Waals surface area contributed by atoms with E-state index < -0.39 is 10.0 Å². The van der Waals surface area contributed by atoms with E-state index in [1.165, 1.54) is 18.3 Å². The Bertz CT molecular complexity index is 614. The van der Waals surface area contributed by atoms with Gasteiger partial charge in [-0.1, -0.05) is 17.7 Å². The van der Waals surface area contributed by atoms with Crippen molar-refractivity contribution in [1.82, 2.24) is 14.7 Å². The molecule has 0 spiro atoms. The second-order valence-electron chi connectivity index (χ2n) is 3.46. The lowest BCUT2D eigenvalue weighted by molar-refractivity contribution is 0.580. The summed E-state index contributed by atoms with van der Waals surface area (Å²) in [5.74, 6) is 0. The Kier molecular flexibility index (Phi) is 3.90. The lowest BCUT2D eigenvalue weighted by Gasteiger charge is -2.05. The van der Waals surface area contributed by atoms with Gasteiger partial charge in [0.15, 0.2) is 0 Å². The third-order valence-corrected chi connectivity index (χ3v) is 3.79. The molecule has 18 heavy (non-hydrogen) atoms. The number of hydrogen-bond acceptors (Lipinski definition) is 4. The molecule has 2 aromatic heterocycles. The van der Waals surface area contributed by atoms with Crippen LogP contribution in [0.5, 0.6) is 0 Å². The lowest BCUT2D eigenvalue weighted by Crippen LogP contribution is -2.23. The highest BCUT2D eigenvalue weighted by atomic mass is 35.5. The largest absolute Gasteiger partial charge is 0.260 e. The van der Waals surface area contributed by atoms with Gasteiger partial charge in [0.1, 0.15) is 10.0 Å². The summed E-state index contributed by atoms with van der Waals surface area (Å²) in [6.07, 6.45) is 2.82. The molecule has 0 aliphatic carbocycles. The Morgan fingerprint density at radius 2 is 2.00 bits per heavy atom. The van der Waals surface area contributed by atoms with Gasteiger partial charge in [0.05, 0.1) is 12.2 Å². The van der Waals surface area contributed by atoms with Crippen LogP contribution in [0.2, 0.25) is 5.15 Å². The van der Waals surface area contributed by atoms with Crippen LogP contribution >= 0.6 is 11.6 Å². The van der Waals surface area contributed by atoms with Crippen LogP contribution in [0.3, 0.4) is 0 Å². The minimum Gasteiger partial charge on any atom is -0.260 e. The molecule has 2 aromatic rings. The normalized spacial score (nSPS) is 11.4. The number of nitrogens with zero attached hydrogens (tertiary/aromatic N) is 2. The average molecular weight is 284 g/mol.